The Bertz CT molecular complexity index is 396. The Morgan fingerprint density at radius 3 is 2.67 bits per heavy atom. The van der Waals surface area contributed by atoms with Crippen LogP contribution >= 0.6 is 0 Å². The van der Waals surface area contributed by atoms with E-state index in [0.717, 1.165) is 0 Å². The second kappa shape index (κ2) is 4.67. The second-order valence-corrected chi connectivity index (χ2v) is 3.31. The lowest BCUT2D eigenvalue weighted by Crippen LogP contribution is -2.01. The highest BCUT2D eigenvalue weighted by Crippen LogP contribution is 2.32. The normalized spacial score (nSPS) is 11.9. The van der Waals surface area contributed by atoms with Gasteiger partial charge in [0.15, 0.2) is 0 Å². The van der Waals surface area contributed by atoms with Crippen LogP contribution in [0.15, 0.2) is 12.1 Å². The summed E-state index contributed by atoms with van der Waals surface area (Å²) in [6.07, 6.45) is 0. The van der Waals surface area contributed by atoms with Gasteiger partial charge in [-0.25, -0.2) is 0 Å². The molecular formula is C11H13NO3. The monoisotopic (exact) mass is 207 g/mol. The molecule has 0 spiro atoms. The standard InChI is InChI=1S/C11H13NO3/c1-7(6-13)9-3-8(5-12)11(15-2)4-10(9)14/h3-4,7,13-14H,6H2,1-2H3. The number of methoxy groups -OCH3 is 1. The zero-order valence-corrected chi connectivity index (χ0v) is 8.69. The summed E-state index contributed by atoms with van der Waals surface area (Å²) in [5.41, 5.74) is 0.903. The molecule has 1 aromatic rings. The zero-order chi connectivity index (χ0) is 11.4. The third kappa shape index (κ3) is 2.20. The molecule has 1 unspecified atom stereocenters. The lowest BCUT2D eigenvalue weighted by molar-refractivity contribution is 0.270. The molecule has 2 N–H and O–H groups in total. The molecule has 1 rings (SSSR count). The van der Waals surface area contributed by atoms with Crippen molar-refractivity contribution in [2.75, 3.05) is 13.7 Å². The number of hydrogen-bond donors (Lipinski definition) is 2. The highest BCUT2D eigenvalue weighted by molar-refractivity contribution is 5.52. The predicted octanol–water partition coefficient (Wildman–Crippen LogP) is 1.37. The van der Waals surface area contributed by atoms with Crippen LogP contribution in [-0.2, 0) is 0 Å². The average molecular weight is 207 g/mol. The second-order valence-electron chi connectivity index (χ2n) is 3.31. The summed E-state index contributed by atoms with van der Waals surface area (Å²) in [5, 5.41) is 27.5. The molecule has 0 heterocycles. The summed E-state index contributed by atoms with van der Waals surface area (Å²) in [6.45, 7) is 1.69. The first-order valence-corrected chi connectivity index (χ1v) is 4.55. The van der Waals surface area contributed by atoms with Gasteiger partial charge in [-0.05, 0) is 6.07 Å². The minimum Gasteiger partial charge on any atom is -0.508 e. The van der Waals surface area contributed by atoms with E-state index in [2.05, 4.69) is 0 Å². The Hall–Kier alpha value is -1.73. The van der Waals surface area contributed by atoms with Gasteiger partial charge in [-0.2, -0.15) is 5.26 Å². The molecular weight excluding hydrogens is 194 g/mol. The van der Waals surface area contributed by atoms with E-state index in [9.17, 15) is 5.11 Å². The molecule has 0 bridgehead atoms. The van der Waals surface area contributed by atoms with Gasteiger partial charge in [0, 0.05) is 24.2 Å². The first-order valence-electron chi connectivity index (χ1n) is 4.55. The third-order valence-corrected chi connectivity index (χ3v) is 2.27. The van der Waals surface area contributed by atoms with Crippen molar-refractivity contribution in [3.63, 3.8) is 0 Å². The number of aromatic hydroxyl groups is 1. The summed E-state index contributed by atoms with van der Waals surface area (Å²) < 4.78 is 4.94. The van der Waals surface area contributed by atoms with Crippen LogP contribution in [0.25, 0.3) is 0 Å². The maximum Gasteiger partial charge on any atom is 0.140 e. The number of nitriles is 1. The fraction of sp³-hybridized carbons (Fsp3) is 0.364. The van der Waals surface area contributed by atoms with Gasteiger partial charge in [0.05, 0.1) is 12.7 Å². The summed E-state index contributed by atoms with van der Waals surface area (Å²) in [7, 11) is 1.44. The zero-order valence-electron chi connectivity index (χ0n) is 8.69. The average Bonchev–Trinajstić information content (AvgIpc) is 2.27. The minimum absolute atomic E-state index is 0.0346. The smallest absolute Gasteiger partial charge is 0.140 e. The van der Waals surface area contributed by atoms with Crippen molar-refractivity contribution in [3.05, 3.63) is 23.3 Å². The number of benzene rings is 1. The van der Waals surface area contributed by atoms with Crippen LogP contribution in [0.3, 0.4) is 0 Å². The van der Waals surface area contributed by atoms with Crippen LogP contribution in [0, 0.1) is 11.3 Å². The van der Waals surface area contributed by atoms with Crippen molar-refractivity contribution in [1.82, 2.24) is 0 Å². The Labute approximate surface area is 88.4 Å². The molecule has 0 aliphatic carbocycles. The third-order valence-electron chi connectivity index (χ3n) is 2.27. The number of nitrogens with zero attached hydrogens (tertiary/aromatic N) is 1. The van der Waals surface area contributed by atoms with Gasteiger partial charge in [-0.15, -0.1) is 0 Å². The van der Waals surface area contributed by atoms with E-state index in [1.807, 2.05) is 6.07 Å². The van der Waals surface area contributed by atoms with Gasteiger partial charge in [0.1, 0.15) is 17.6 Å². The number of rotatable bonds is 3. The molecule has 4 heteroatoms. The number of phenolic OH excluding ortho intramolecular Hbond substituents is 1. The summed E-state index contributed by atoms with van der Waals surface area (Å²) in [5.74, 6) is 0.166. The number of aliphatic hydroxyl groups is 1. The van der Waals surface area contributed by atoms with E-state index in [4.69, 9.17) is 15.1 Å². The number of ether oxygens (including phenoxy) is 1. The maximum atomic E-state index is 9.64. The van der Waals surface area contributed by atoms with Gasteiger partial charge in [-0.3, -0.25) is 0 Å². The van der Waals surface area contributed by atoms with E-state index >= 15 is 0 Å². The fourth-order valence-electron chi connectivity index (χ4n) is 1.34. The van der Waals surface area contributed by atoms with Crippen molar-refractivity contribution in [3.8, 4) is 17.6 Å². The molecule has 0 fully saturated rings. The molecule has 80 valence electrons. The van der Waals surface area contributed by atoms with Crippen LogP contribution in [0.5, 0.6) is 11.5 Å². The van der Waals surface area contributed by atoms with Crippen LogP contribution in [-0.4, -0.2) is 23.9 Å². The van der Waals surface area contributed by atoms with E-state index in [1.165, 1.54) is 19.2 Å². The van der Waals surface area contributed by atoms with Crippen LogP contribution in [0.4, 0.5) is 0 Å². The topological polar surface area (TPSA) is 73.5 Å². The summed E-state index contributed by atoms with van der Waals surface area (Å²) in [4.78, 5) is 0. The first-order chi connectivity index (χ1) is 7.13. The van der Waals surface area contributed by atoms with Crippen molar-refractivity contribution in [1.29, 1.82) is 5.26 Å². The van der Waals surface area contributed by atoms with Gasteiger partial charge in [0.25, 0.3) is 0 Å². The molecule has 0 aliphatic heterocycles. The lowest BCUT2D eigenvalue weighted by atomic mass is 9.98. The number of aliphatic hydroxyl groups excluding tert-OH is 1. The predicted molar refractivity (Wildman–Crippen MR) is 54.9 cm³/mol. The van der Waals surface area contributed by atoms with Crippen LogP contribution in [0.2, 0.25) is 0 Å². The van der Waals surface area contributed by atoms with Crippen molar-refractivity contribution < 1.29 is 14.9 Å². The Morgan fingerprint density at radius 1 is 1.53 bits per heavy atom. The SMILES string of the molecule is COc1cc(O)c(C(C)CO)cc1C#N. The molecule has 0 saturated carbocycles. The van der Waals surface area contributed by atoms with Gasteiger partial charge in [0.2, 0.25) is 0 Å². The molecule has 4 nitrogen and oxygen atoms in total. The molecule has 15 heavy (non-hydrogen) atoms. The number of phenols is 1. The molecule has 1 aromatic carbocycles. The Morgan fingerprint density at radius 2 is 2.20 bits per heavy atom. The highest BCUT2D eigenvalue weighted by atomic mass is 16.5. The van der Waals surface area contributed by atoms with Crippen molar-refractivity contribution >= 4 is 0 Å². The molecule has 0 saturated heterocycles. The van der Waals surface area contributed by atoms with Crippen molar-refractivity contribution in [2.24, 2.45) is 0 Å². The Balaban J connectivity index is 3.27. The first kappa shape index (κ1) is 11.3. The molecule has 0 radical (unpaired) electrons. The van der Waals surface area contributed by atoms with E-state index < -0.39 is 0 Å². The Kier molecular flexibility index (Phi) is 3.53. The fourth-order valence-corrected chi connectivity index (χ4v) is 1.34. The molecule has 0 aromatic heterocycles. The van der Waals surface area contributed by atoms with E-state index in [-0.39, 0.29) is 18.3 Å². The summed E-state index contributed by atoms with van der Waals surface area (Å²) >= 11 is 0. The molecule has 0 amide bonds. The lowest BCUT2D eigenvalue weighted by Gasteiger charge is -2.12. The minimum atomic E-state index is -0.206. The quantitative estimate of drug-likeness (QED) is 0.785. The van der Waals surface area contributed by atoms with Crippen molar-refractivity contribution in [2.45, 2.75) is 12.8 Å². The van der Waals surface area contributed by atoms with E-state index in [0.29, 0.717) is 16.9 Å². The maximum absolute atomic E-state index is 9.64. The van der Waals surface area contributed by atoms with Gasteiger partial charge in [-0.1, -0.05) is 6.92 Å². The molecule has 0 aliphatic rings. The highest BCUT2D eigenvalue weighted by Gasteiger charge is 2.14. The largest absolute Gasteiger partial charge is 0.508 e. The number of hydrogen-bond acceptors (Lipinski definition) is 4. The van der Waals surface area contributed by atoms with Gasteiger partial charge >= 0.3 is 0 Å². The van der Waals surface area contributed by atoms with Gasteiger partial charge < -0.3 is 14.9 Å². The molecule has 1 atom stereocenters. The van der Waals surface area contributed by atoms with Crippen LogP contribution in [0.1, 0.15) is 24.0 Å². The van der Waals surface area contributed by atoms with E-state index in [1.54, 1.807) is 6.92 Å². The summed E-state index contributed by atoms with van der Waals surface area (Å²) in [6, 6.07) is 4.90. The van der Waals surface area contributed by atoms with Crippen LogP contribution < -0.4 is 4.74 Å².